The number of hydrogen-bond acceptors (Lipinski definition) is 6. The van der Waals surface area contributed by atoms with E-state index in [-0.39, 0.29) is 12.2 Å². The molecule has 2 atom stereocenters. The van der Waals surface area contributed by atoms with E-state index in [0.29, 0.717) is 5.56 Å². The van der Waals surface area contributed by atoms with Gasteiger partial charge in [-0.2, -0.15) is 0 Å². The van der Waals surface area contributed by atoms with Crippen LogP contribution in [0.15, 0.2) is 54.6 Å². The van der Waals surface area contributed by atoms with E-state index in [9.17, 15) is 14.7 Å². The lowest BCUT2D eigenvalue weighted by atomic mass is 9.90. The Morgan fingerprint density at radius 3 is 2.38 bits per heavy atom. The van der Waals surface area contributed by atoms with Crippen LogP contribution in [0.1, 0.15) is 40.4 Å². The summed E-state index contributed by atoms with van der Waals surface area (Å²) in [5, 5.41) is 18.8. The summed E-state index contributed by atoms with van der Waals surface area (Å²) in [6, 6.07) is 15.2. The third-order valence-electron chi connectivity index (χ3n) is 5.83. The van der Waals surface area contributed by atoms with E-state index in [4.69, 9.17) is 9.84 Å². The Balaban J connectivity index is 1.52. The van der Waals surface area contributed by atoms with Gasteiger partial charge in [-0.05, 0) is 42.3 Å². The molecule has 34 heavy (non-hydrogen) atoms. The van der Waals surface area contributed by atoms with Gasteiger partial charge in [0.15, 0.2) is 11.6 Å². The Morgan fingerprint density at radius 1 is 1.09 bits per heavy atom. The molecule has 3 rings (SSSR count). The largest absolute Gasteiger partial charge is 0.393 e. The lowest BCUT2D eigenvalue weighted by Crippen LogP contribution is -2.35. The molecule has 6 heteroatoms. The molecule has 178 valence electrons. The number of ketones is 2. The number of benzene rings is 2. The number of aliphatic hydroxyl groups excluding tert-OH is 2. The van der Waals surface area contributed by atoms with Crippen molar-refractivity contribution in [1.82, 2.24) is 4.90 Å². The van der Waals surface area contributed by atoms with Gasteiger partial charge < -0.3 is 14.9 Å². The molecular formula is C28H31NO5. The minimum atomic E-state index is -0.995. The smallest absolute Gasteiger partial charge is 0.164 e. The van der Waals surface area contributed by atoms with E-state index in [1.807, 2.05) is 18.2 Å². The van der Waals surface area contributed by atoms with Crippen LogP contribution in [0, 0.1) is 17.8 Å². The first kappa shape index (κ1) is 25.5. The van der Waals surface area contributed by atoms with Crippen LogP contribution in [0.3, 0.4) is 0 Å². The average Bonchev–Trinajstić information content (AvgIpc) is 2.86. The van der Waals surface area contributed by atoms with Gasteiger partial charge in [0.1, 0.15) is 6.61 Å². The van der Waals surface area contributed by atoms with Gasteiger partial charge in [-0.15, -0.1) is 0 Å². The summed E-state index contributed by atoms with van der Waals surface area (Å²) in [4.78, 5) is 26.6. The van der Waals surface area contributed by atoms with Gasteiger partial charge in [0.05, 0.1) is 25.2 Å². The van der Waals surface area contributed by atoms with Crippen molar-refractivity contribution in [2.75, 3.05) is 32.9 Å². The van der Waals surface area contributed by atoms with Gasteiger partial charge in [0.25, 0.3) is 0 Å². The number of hydrogen-bond donors (Lipinski definition) is 2. The maximum absolute atomic E-state index is 12.5. The third kappa shape index (κ3) is 7.75. The first-order chi connectivity index (χ1) is 16.5. The minimum Gasteiger partial charge on any atom is -0.393 e. The van der Waals surface area contributed by atoms with Crippen molar-refractivity contribution in [3.05, 3.63) is 76.9 Å². The van der Waals surface area contributed by atoms with Crippen LogP contribution in [0.5, 0.6) is 0 Å². The van der Waals surface area contributed by atoms with Gasteiger partial charge in [-0.1, -0.05) is 48.2 Å². The lowest BCUT2D eigenvalue weighted by Gasteiger charge is -2.26. The van der Waals surface area contributed by atoms with Crippen LogP contribution in [0.2, 0.25) is 0 Å². The fourth-order valence-electron chi connectivity index (χ4n) is 3.74. The number of ether oxygens (including phenoxy) is 1. The van der Waals surface area contributed by atoms with Gasteiger partial charge in [0.2, 0.25) is 0 Å². The molecule has 0 spiro atoms. The monoisotopic (exact) mass is 461 g/mol. The van der Waals surface area contributed by atoms with Crippen molar-refractivity contribution in [3.8, 4) is 11.8 Å². The van der Waals surface area contributed by atoms with E-state index in [1.54, 1.807) is 30.3 Å². The van der Waals surface area contributed by atoms with E-state index in [0.717, 1.165) is 44.0 Å². The van der Waals surface area contributed by atoms with Crippen LogP contribution >= 0.6 is 0 Å². The van der Waals surface area contributed by atoms with Gasteiger partial charge in [-0.3, -0.25) is 14.5 Å². The van der Waals surface area contributed by atoms with Crippen molar-refractivity contribution < 1.29 is 24.5 Å². The summed E-state index contributed by atoms with van der Waals surface area (Å²) in [6.45, 7) is 5.20. The highest BCUT2D eigenvalue weighted by Crippen LogP contribution is 2.16. The highest BCUT2D eigenvalue weighted by atomic mass is 16.5. The maximum Gasteiger partial charge on any atom is 0.164 e. The first-order valence-corrected chi connectivity index (χ1v) is 11.5. The summed E-state index contributed by atoms with van der Waals surface area (Å²) in [5.41, 5.74) is 3.56. The Morgan fingerprint density at radius 2 is 1.76 bits per heavy atom. The second kappa shape index (κ2) is 13.0. The van der Waals surface area contributed by atoms with Crippen molar-refractivity contribution in [3.63, 3.8) is 0 Å². The predicted octanol–water partition coefficient (Wildman–Crippen LogP) is 2.71. The molecule has 0 amide bonds. The van der Waals surface area contributed by atoms with Crippen LogP contribution < -0.4 is 0 Å². The summed E-state index contributed by atoms with van der Waals surface area (Å²) < 4.78 is 5.38. The highest BCUT2D eigenvalue weighted by Gasteiger charge is 2.26. The molecule has 1 saturated heterocycles. The molecule has 6 nitrogen and oxygen atoms in total. The zero-order chi connectivity index (χ0) is 24.3. The maximum atomic E-state index is 12.5. The highest BCUT2D eigenvalue weighted by molar-refractivity contribution is 5.99. The molecule has 0 bridgehead atoms. The summed E-state index contributed by atoms with van der Waals surface area (Å²) in [5.74, 6) is 4.47. The van der Waals surface area contributed by atoms with Crippen molar-refractivity contribution >= 4 is 17.6 Å². The molecule has 2 aromatic carbocycles. The molecular weight excluding hydrogens is 430 g/mol. The standard InChI is InChI=1S/C28H31NO5/c1-21(31)26(28(33)20-30)18-27(32)25-12-10-23(11-13-25)5-3-2-4-22-6-8-24(9-7-22)19-29-14-16-34-17-15-29/h3,5-13,21,26,30-31H,14-20H2,1H3/b5-3+/t21-,26-/m0/s1. The number of carbonyl (C=O) groups is 2. The number of rotatable bonds is 9. The number of allylic oxidation sites excluding steroid dienone is 1. The summed E-state index contributed by atoms with van der Waals surface area (Å²) in [6.07, 6.45) is 2.50. The Kier molecular flexibility index (Phi) is 9.75. The second-order valence-electron chi connectivity index (χ2n) is 8.41. The fraction of sp³-hybridized carbons (Fsp3) is 0.357. The third-order valence-corrected chi connectivity index (χ3v) is 5.83. The Labute approximate surface area is 200 Å². The van der Waals surface area contributed by atoms with Gasteiger partial charge in [-0.25, -0.2) is 0 Å². The predicted molar refractivity (Wildman–Crippen MR) is 131 cm³/mol. The molecule has 0 radical (unpaired) electrons. The average molecular weight is 462 g/mol. The van der Waals surface area contributed by atoms with E-state index in [1.165, 1.54) is 12.5 Å². The molecule has 1 fully saturated rings. The summed E-state index contributed by atoms with van der Waals surface area (Å²) in [7, 11) is 0. The molecule has 2 aromatic rings. The molecule has 0 unspecified atom stereocenters. The zero-order valence-corrected chi connectivity index (χ0v) is 19.4. The fourth-order valence-corrected chi connectivity index (χ4v) is 3.74. The van der Waals surface area contributed by atoms with E-state index >= 15 is 0 Å². The van der Waals surface area contributed by atoms with Crippen molar-refractivity contribution in [1.29, 1.82) is 0 Å². The van der Waals surface area contributed by atoms with Gasteiger partial charge >= 0.3 is 0 Å². The van der Waals surface area contributed by atoms with Crippen LogP contribution in [0.25, 0.3) is 6.08 Å². The van der Waals surface area contributed by atoms with Crippen molar-refractivity contribution in [2.24, 2.45) is 5.92 Å². The lowest BCUT2D eigenvalue weighted by molar-refractivity contribution is -0.128. The molecule has 1 heterocycles. The minimum absolute atomic E-state index is 0.136. The summed E-state index contributed by atoms with van der Waals surface area (Å²) >= 11 is 0. The van der Waals surface area contributed by atoms with Crippen LogP contribution in [-0.2, 0) is 16.1 Å². The molecule has 1 aliphatic rings. The number of Topliss-reactive ketones (excluding diaryl/α,β-unsaturated/α-hetero) is 2. The van der Waals surface area contributed by atoms with Crippen LogP contribution in [0.4, 0.5) is 0 Å². The molecule has 0 saturated carbocycles. The van der Waals surface area contributed by atoms with Gasteiger partial charge in [0, 0.05) is 37.2 Å². The number of nitrogens with zero attached hydrogens (tertiary/aromatic N) is 1. The Bertz CT molecular complexity index is 1040. The topological polar surface area (TPSA) is 87.1 Å². The molecule has 0 aromatic heterocycles. The van der Waals surface area contributed by atoms with Crippen LogP contribution in [-0.4, -0.2) is 65.7 Å². The first-order valence-electron chi connectivity index (χ1n) is 11.5. The van der Waals surface area contributed by atoms with E-state index in [2.05, 4.69) is 28.9 Å². The number of carbonyl (C=O) groups excluding carboxylic acids is 2. The zero-order valence-electron chi connectivity index (χ0n) is 19.4. The van der Waals surface area contributed by atoms with Crippen molar-refractivity contribution in [2.45, 2.75) is 26.0 Å². The molecule has 0 aliphatic carbocycles. The molecule has 1 aliphatic heterocycles. The normalized spacial score (nSPS) is 16.0. The quantitative estimate of drug-likeness (QED) is 0.441. The number of morpholine rings is 1. The SMILES string of the molecule is C[C@H](O)[C@H](CC(=O)c1ccc(/C=C/C#Cc2ccc(CN3CCOCC3)cc2)cc1)C(=O)CO. The Hall–Kier alpha value is -3.08. The molecule has 2 N–H and O–H groups in total. The number of aliphatic hydroxyl groups is 2. The van der Waals surface area contributed by atoms with E-state index < -0.39 is 24.4 Å². The second-order valence-corrected chi connectivity index (χ2v) is 8.41.